The van der Waals surface area contributed by atoms with Gasteiger partial charge in [-0.2, -0.15) is 0 Å². The van der Waals surface area contributed by atoms with E-state index in [0.717, 1.165) is 0 Å². The monoisotopic (exact) mass is 292 g/mol. The number of ether oxygens (including phenoxy) is 1. The number of rotatable bonds is 5. The van der Waals surface area contributed by atoms with Crippen LogP contribution < -0.4 is 10.5 Å². The van der Waals surface area contributed by atoms with Gasteiger partial charge >= 0.3 is 0 Å². The molecule has 1 heterocycles. The minimum Gasteiger partial charge on any atom is -0.495 e. The smallest absolute Gasteiger partial charge is 0.186 e. The van der Waals surface area contributed by atoms with Crippen LogP contribution in [0.2, 0.25) is 0 Å². The summed E-state index contributed by atoms with van der Waals surface area (Å²) in [4.78, 5) is 4.27. The molecule has 106 valence electrons. The Labute approximate surface area is 118 Å². The van der Waals surface area contributed by atoms with Crippen molar-refractivity contribution in [2.45, 2.75) is 17.2 Å². The molecule has 0 saturated carbocycles. The highest BCUT2D eigenvalue weighted by Gasteiger charge is 2.21. The molecule has 0 unspecified atom stereocenters. The van der Waals surface area contributed by atoms with Crippen molar-refractivity contribution in [1.29, 1.82) is 0 Å². The zero-order chi connectivity index (χ0) is 14.6. The second-order valence-corrected chi connectivity index (χ2v) is 6.18. The summed E-state index contributed by atoms with van der Waals surface area (Å²) in [7, 11) is -2.06. The van der Waals surface area contributed by atoms with Crippen LogP contribution in [0.5, 0.6) is 5.75 Å². The van der Waals surface area contributed by atoms with E-state index in [2.05, 4.69) is 4.98 Å². The maximum absolute atomic E-state index is 12.5. The predicted octanol–water partition coefficient (Wildman–Crippen LogP) is 1.52. The lowest BCUT2D eigenvalue weighted by molar-refractivity contribution is 0.402. The van der Waals surface area contributed by atoms with E-state index in [1.165, 1.54) is 13.2 Å². The van der Waals surface area contributed by atoms with E-state index >= 15 is 0 Å². The van der Waals surface area contributed by atoms with Crippen molar-refractivity contribution in [1.82, 2.24) is 4.98 Å². The van der Waals surface area contributed by atoms with Gasteiger partial charge in [-0.25, -0.2) is 8.42 Å². The topological polar surface area (TPSA) is 82.3 Å². The van der Waals surface area contributed by atoms with Gasteiger partial charge < -0.3 is 10.5 Å². The minimum absolute atomic E-state index is 0.145. The van der Waals surface area contributed by atoms with Gasteiger partial charge in [0.05, 0.1) is 18.6 Å². The summed E-state index contributed by atoms with van der Waals surface area (Å²) in [6.45, 7) is 0.206. The number of pyridine rings is 1. The van der Waals surface area contributed by atoms with Crippen LogP contribution in [-0.2, 0) is 22.1 Å². The summed E-state index contributed by atoms with van der Waals surface area (Å²) < 4.78 is 30.1. The van der Waals surface area contributed by atoms with Gasteiger partial charge in [-0.15, -0.1) is 0 Å². The molecule has 0 radical (unpaired) electrons. The Morgan fingerprint density at radius 1 is 1.20 bits per heavy atom. The molecule has 2 aromatic rings. The maximum atomic E-state index is 12.5. The van der Waals surface area contributed by atoms with Crippen LogP contribution in [0.25, 0.3) is 0 Å². The Bertz CT molecular complexity index is 699. The number of nitrogens with two attached hydrogens (primary N) is 1. The average Bonchev–Trinajstić information content (AvgIpc) is 2.47. The molecule has 6 heteroatoms. The van der Waals surface area contributed by atoms with E-state index in [0.29, 0.717) is 17.0 Å². The first-order chi connectivity index (χ1) is 9.58. The molecule has 0 aliphatic heterocycles. The van der Waals surface area contributed by atoms with E-state index in [-0.39, 0.29) is 17.2 Å². The first kappa shape index (κ1) is 14.5. The van der Waals surface area contributed by atoms with Crippen molar-refractivity contribution >= 4 is 9.84 Å². The molecule has 2 rings (SSSR count). The van der Waals surface area contributed by atoms with Crippen molar-refractivity contribution in [3.63, 3.8) is 0 Å². The van der Waals surface area contributed by atoms with Crippen molar-refractivity contribution in [3.8, 4) is 5.75 Å². The molecule has 0 aliphatic carbocycles. The molecular formula is C14H16N2O3S. The van der Waals surface area contributed by atoms with Gasteiger partial charge in [0, 0.05) is 12.7 Å². The number of hydrogen-bond donors (Lipinski definition) is 1. The highest BCUT2D eigenvalue weighted by atomic mass is 32.2. The maximum Gasteiger partial charge on any atom is 0.186 e. The minimum atomic E-state index is -3.51. The largest absolute Gasteiger partial charge is 0.495 e. The quantitative estimate of drug-likeness (QED) is 0.903. The van der Waals surface area contributed by atoms with Crippen LogP contribution in [0.4, 0.5) is 0 Å². The van der Waals surface area contributed by atoms with Crippen molar-refractivity contribution < 1.29 is 13.2 Å². The van der Waals surface area contributed by atoms with Crippen molar-refractivity contribution in [3.05, 3.63) is 53.9 Å². The molecule has 1 aromatic carbocycles. The molecular weight excluding hydrogens is 276 g/mol. The van der Waals surface area contributed by atoms with Crippen LogP contribution in [-0.4, -0.2) is 20.5 Å². The van der Waals surface area contributed by atoms with E-state index in [1.807, 2.05) is 0 Å². The highest BCUT2D eigenvalue weighted by molar-refractivity contribution is 7.90. The van der Waals surface area contributed by atoms with Gasteiger partial charge in [0.25, 0.3) is 0 Å². The van der Waals surface area contributed by atoms with Gasteiger partial charge in [-0.05, 0) is 23.8 Å². The molecule has 1 aromatic heterocycles. The second-order valence-electron chi connectivity index (χ2n) is 4.22. The fourth-order valence-corrected chi connectivity index (χ4v) is 3.52. The van der Waals surface area contributed by atoms with Crippen LogP contribution >= 0.6 is 0 Å². The summed E-state index contributed by atoms with van der Waals surface area (Å²) >= 11 is 0. The summed E-state index contributed by atoms with van der Waals surface area (Å²) in [5.41, 5.74) is 6.78. The third-order valence-corrected chi connectivity index (χ3v) is 4.63. The number of methoxy groups -OCH3 is 1. The van der Waals surface area contributed by atoms with Crippen LogP contribution in [0.15, 0.2) is 47.5 Å². The SMILES string of the molecule is COc1ccccc1S(=O)(=O)Cc1cccnc1CN. The summed E-state index contributed by atoms with van der Waals surface area (Å²) in [5, 5.41) is 0. The molecule has 5 nitrogen and oxygen atoms in total. The van der Waals surface area contributed by atoms with Gasteiger partial charge in [-0.3, -0.25) is 4.98 Å². The fraction of sp³-hybridized carbons (Fsp3) is 0.214. The van der Waals surface area contributed by atoms with Gasteiger partial charge in [0.1, 0.15) is 10.6 Å². The Kier molecular flexibility index (Phi) is 4.36. The van der Waals surface area contributed by atoms with Gasteiger partial charge in [0.2, 0.25) is 0 Å². The molecule has 20 heavy (non-hydrogen) atoms. The first-order valence-corrected chi connectivity index (χ1v) is 7.72. The van der Waals surface area contributed by atoms with Crippen LogP contribution in [0.1, 0.15) is 11.3 Å². The third kappa shape index (κ3) is 2.97. The molecule has 0 saturated heterocycles. The summed E-state index contributed by atoms with van der Waals surface area (Å²) in [5.74, 6) is 0.194. The number of aromatic nitrogens is 1. The second kappa shape index (κ2) is 6.02. The van der Waals surface area contributed by atoms with E-state index in [1.54, 1.807) is 36.5 Å². The zero-order valence-electron chi connectivity index (χ0n) is 11.1. The Balaban J connectivity index is 2.41. The number of hydrogen-bond acceptors (Lipinski definition) is 5. The predicted molar refractivity (Wildman–Crippen MR) is 76.0 cm³/mol. The van der Waals surface area contributed by atoms with Crippen LogP contribution in [0, 0.1) is 0 Å². The Morgan fingerprint density at radius 2 is 1.95 bits per heavy atom. The normalized spacial score (nSPS) is 11.3. The first-order valence-electron chi connectivity index (χ1n) is 6.07. The molecule has 0 amide bonds. The summed E-state index contributed by atoms with van der Waals surface area (Å²) in [6, 6.07) is 9.98. The lowest BCUT2D eigenvalue weighted by atomic mass is 10.2. The molecule has 0 bridgehead atoms. The van der Waals surface area contributed by atoms with E-state index in [9.17, 15) is 8.42 Å². The zero-order valence-corrected chi connectivity index (χ0v) is 11.9. The lowest BCUT2D eigenvalue weighted by Crippen LogP contribution is -2.11. The van der Waals surface area contributed by atoms with Gasteiger partial charge in [-0.1, -0.05) is 18.2 Å². The van der Waals surface area contributed by atoms with E-state index < -0.39 is 9.84 Å². The number of nitrogens with zero attached hydrogens (tertiary/aromatic N) is 1. The number of sulfone groups is 1. The molecule has 0 aliphatic rings. The number of benzene rings is 1. The van der Waals surface area contributed by atoms with Crippen molar-refractivity contribution in [2.24, 2.45) is 5.73 Å². The molecule has 2 N–H and O–H groups in total. The van der Waals surface area contributed by atoms with Crippen molar-refractivity contribution in [2.75, 3.05) is 7.11 Å². The third-order valence-electron chi connectivity index (χ3n) is 2.93. The molecule has 0 fully saturated rings. The van der Waals surface area contributed by atoms with E-state index in [4.69, 9.17) is 10.5 Å². The Morgan fingerprint density at radius 3 is 2.65 bits per heavy atom. The summed E-state index contributed by atoms with van der Waals surface area (Å²) in [6.07, 6.45) is 1.60. The lowest BCUT2D eigenvalue weighted by Gasteiger charge is -2.11. The highest BCUT2D eigenvalue weighted by Crippen LogP contribution is 2.26. The fourth-order valence-electron chi connectivity index (χ4n) is 1.94. The standard InChI is InChI=1S/C14H16N2O3S/c1-19-13-6-2-3-7-14(13)20(17,18)10-11-5-4-8-16-12(11)9-15/h2-8H,9-10,15H2,1H3. The average molecular weight is 292 g/mol. The molecule has 0 spiro atoms. The van der Waals surface area contributed by atoms with Crippen LogP contribution in [0.3, 0.4) is 0 Å². The molecule has 0 atom stereocenters. The number of para-hydroxylation sites is 1. The van der Waals surface area contributed by atoms with Gasteiger partial charge in [0.15, 0.2) is 9.84 Å². The Hall–Kier alpha value is -1.92.